The van der Waals surface area contributed by atoms with E-state index < -0.39 is 6.23 Å². The van der Waals surface area contributed by atoms with Crippen LogP contribution in [0.15, 0.2) is 30.3 Å². The molecule has 1 heterocycles. The molecule has 1 saturated heterocycles. The van der Waals surface area contributed by atoms with Crippen molar-refractivity contribution in [1.29, 1.82) is 0 Å². The molecule has 0 radical (unpaired) electrons. The summed E-state index contributed by atoms with van der Waals surface area (Å²) in [5, 5.41) is 12.6. The molecular weight excluding hydrogens is 180 g/mol. The Labute approximate surface area is 82.3 Å². The molecule has 1 atom stereocenters. The number of anilines is 1. The van der Waals surface area contributed by atoms with Gasteiger partial charge in [-0.05, 0) is 12.1 Å². The van der Waals surface area contributed by atoms with Crippen LogP contribution in [-0.4, -0.2) is 29.3 Å². The van der Waals surface area contributed by atoms with Crippen LogP contribution in [-0.2, 0) is 4.79 Å². The second-order valence-electron chi connectivity index (χ2n) is 3.21. The number of aliphatic hydroxyl groups excluding tert-OH is 1. The van der Waals surface area contributed by atoms with E-state index in [0.717, 1.165) is 5.69 Å². The Balaban J connectivity index is 2.23. The van der Waals surface area contributed by atoms with E-state index in [1.807, 2.05) is 30.3 Å². The van der Waals surface area contributed by atoms with Gasteiger partial charge in [0.05, 0.1) is 5.69 Å². The van der Waals surface area contributed by atoms with Gasteiger partial charge in [0.25, 0.3) is 0 Å². The summed E-state index contributed by atoms with van der Waals surface area (Å²) in [4.78, 5) is 10.7. The van der Waals surface area contributed by atoms with Crippen molar-refractivity contribution in [3.05, 3.63) is 30.3 Å². The number of hydrogen-bond donors (Lipinski definition) is 1. The number of carbonyl (C=O) groups excluding carboxylic acids is 1. The summed E-state index contributed by atoms with van der Waals surface area (Å²) in [5.74, 6) is 0. The summed E-state index contributed by atoms with van der Waals surface area (Å²) >= 11 is 0. The van der Waals surface area contributed by atoms with Crippen LogP contribution >= 0.6 is 0 Å². The Hall–Kier alpha value is -1.55. The summed E-state index contributed by atoms with van der Waals surface area (Å²) in [6.45, 7) is 0.671. The largest absolute Gasteiger partial charge is 0.372 e. The summed E-state index contributed by atoms with van der Waals surface area (Å²) in [6.07, 6.45) is 0.561. The van der Waals surface area contributed by atoms with Crippen molar-refractivity contribution in [1.82, 2.24) is 5.01 Å². The number of aliphatic hydroxyl groups is 1. The second-order valence-corrected chi connectivity index (χ2v) is 3.21. The van der Waals surface area contributed by atoms with E-state index in [9.17, 15) is 9.90 Å². The first-order valence-corrected chi connectivity index (χ1v) is 4.57. The van der Waals surface area contributed by atoms with Gasteiger partial charge in [0.2, 0.25) is 6.41 Å². The highest BCUT2D eigenvalue weighted by Gasteiger charge is 2.28. The quantitative estimate of drug-likeness (QED) is 0.697. The summed E-state index contributed by atoms with van der Waals surface area (Å²) in [7, 11) is 0. The first-order chi connectivity index (χ1) is 6.83. The van der Waals surface area contributed by atoms with Crippen LogP contribution in [0.25, 0.3) is 0 Å². The molecule has 4 heteroatoms. The molecule has 1 aromatic carbocycles. The second kappa shape index (κ2) is 3.67. The average molecular weight is 192 g/mol. The van der Waals surface area contributed by atoms with Gasteiger partial charge in [0.1, 0.15) is 6.23 Å². The van der Waals surface area contributed by atoms with E-state index in [1.54, 1.807) is 5.01 Å². The highest BCUT2D eigenvalue weighted by atomic mass is 16.3. The van der Waals surface area contributed by atoms with Crippen molar-refractivity contribution in [2.75, 3.05) is 11.6 Å². The predicted octanol–water partition coefficient (Wildman–Crippen LogP) is 0.588. The monoisotopic (exact) mass is 192 g/mol. The summed E-state index contributed by atoms with van der Waals surface area (Å²) in [6, 6.07) is 9.55. The van der Waals surface area contributed by atoms with E-state index in [0.29, 0.717) is 19.4 Å². The van der Waals surface area contributed by atoms with Gasteiger partial charge in [-0.3, -0.25) is 9.80 Å². The fraction of sp³-hybridized carbons (Fsp3) is 0.300. The molecular formula is C10H12N2O2. The zero-order valence-corrected chi connectivity index (χ0v) is 7.71. The van der Waals surface area contributed by atoms with Crippen molar-refractivity contribution in [2.24, 2.45) is 0 Å². The van der Waals surface area contributed by atoms with Crippen LogP contribution in [0, 0.1) is 0 Å². The molecule has 0 saturated carbocycles. The molecule has 74 valence electrons. The Bertz CT molecular complexity index is 315. The predicted molar refractivity (Wildman–Crippen MR) is 52.3 cm³/mol. The fourth-order valence-corrected chi connectivity index (χ4v) is 1.64. The third kappa shape index (κ3) is 1.44. The van der Waals surface area contributed by atoms with Crippen molar-refractivity contribution in [3.8, 4) is 0 Å². The topological polar surface area (TPSA) is 43.8 Å². The minimum absolute atomic E-state index is 0.591. The van der Waals surface area contributed by atoms with Gasteiger partial charge >= 0.3 is 0 Å². The molecule has 0 aromatic heterocycles. The Kier molecular flexibility index (Phi) is 2.37. The van der Waals surface area contributed by atoms with Gasteiger partial charge in [-0.2, -0.15) is 0 Å². The van der Waals surface area contributed by atoms with Crippen molar-refractivity contribution in [3.63, 3.8) is 0 Å². The standard InChI is InChI=1S/C10H12N2O2/c13-8-12-10(14)6-7-11(12)9-4-2-1-3-5-9/h1-5,8,10,14H,6-7H2. The number of para-hydroxylation sites is 1. The summed E-state index contributed by atoms with van der Waals surface area (Å²) in [5.41, 5.74) is 0.927. The third-order valence-electron chi connectivity index (χ3n) is 2.35. The first-order valence-electron chi connectivity index (χ1n) is 4.57. The third-order valence-corrected chi connectivity index (χ3v) is 2.35. The van der Waals surface area contributed by atoms with Gasteiger partial charge in [0, 0.05) is 13.0 Å². The van der Waals surface area contributed by atoms with Crippen LogP contribution < -0.4 is 5.01 Å². The maximum absolute atomic E-state index is 10.7. The minimum Gasteiger partial charge on any atom is -0.372 e. The fourth-order valence-electron chi connectivity index (χ4n) is 1.64. The lowest BCUT2D eigenvalue weighted by Gasteiger charge is -2.27. The van der Waals surface area contributed by atoms with E-state index in [2.05, 4.69) is 0 Å². The Morgan fingerprint density at radius 2 is 2.07 bits per heavy atom. The first kappa shape index (κ1) is 9.02. The number of benzene rings is 1. The molecule has 1 aromatic rings. The van der Waals surface area contributed by atoms with Gasteiger partial charge < -0.3 is 5.11 Å². The molecule has 2 rings (SSSR count). The summed E-state index contributed by atoms with van der Waals surface area (Å²) < 4.78 is 0. The molecule has 1 unspecified atom stereocenters. The maximum Gasteiger partial charge on any atom is 0.230 e. The van der Waals surface area contributed by atoms with Crippen molar-refractivity contribution < 1.29 is 9.90 Å². The zero-order chi connectivity index (χ0) is 9.97. The van der Waals surface area contributed by atoms with Crippen LogP contribution in [0.2, 0.25) is 0 Å². The highest BCUT2D eigenvalue weighted by Crippen LogP contribution is 2.22. The lowest BCUT2D eigenvalue weighted by molar-refractivity contribution is -0.125. The van der Waals surface area contributed by atoms with Crippen LogP contribution in [0.5, 0.6) is 0 Å². The highest BCUT2D eigenvalue weighted by molar-refractivity contribution is 5.57. The molecule has 0 aliphatic carbocycles. The molecule has 0 bridgehead atoms. The van der Waals surface area contributed by atoms with Crippen molar-refractivity contribution >= 4 is 12.1 Å². The molecule has 0 spiro atoms. The number of amides is 1. The Morgan fingerprint density at radius 1 is 1.36 bits per heavy atom. The van der Waals surface area contributed by atoms with Crippen LogP contribution in [0.4, 0.5) is 5.69 Å². The van der Waals surface area contributed by atoms with Gasteiger partial charge in [0.15, 0.2) is 0 Å². The van der Waals surface area contributed by atoms with E-state index >= 15 is 0 Å². The van der Waals surface area contributed by atoms with Gasteiger partial charge in [-0.1, -0.05) is 18.2 Å². The van der Waals surface area contributed by atoms with Crippen molar-refractivity contribution in [2.45, 2.75) is 12.6 Å². The average Bonchev–Trinajstić information content (AvgIpc) is 2.61. The normalized spacial score (nSPS) is 21.4. The van der Waals surface area contributed by atoms with E-state index in [-0.39, 0.29) is 0 Å². The van der Waals surface area contributed by atoms with Crippen LogP contribution in [0.1, 0.15) is 6.42 Å². The lowest BCUT2D eigenvalue weighted by atomic mass is 10.3. The molecule has 14 heavy (non-hydrogen) atoms. The Morgan fingerprint density at radius 3 is 2.71 bits per heavy atom. The van der Waals surface area contributed by atoms with E-state index in [4.69, 9.17) is 0 Å². The lowest BCUT2D eigenvalue weighted by Crippen LogP contribution is -2.40. The molecule has 1 amide bonds. The zero-order valence-electron chi connectivity index (χ0n) is 7.71. The number of rotatable bonds is 2. The van der Waals surface area contributed by atoms with Gasteiger partial charge in [-0.25, -0.2) is 5.01 Å². The smallest absolute Gasteiger partial charge is 0.230 e. The molecule has 4 nitrogen and oxygen atoms in total. The van der Waals surface area contributed by atoms with Crippen LogP contribution in [0.3, 0.4) is 0 Å². The number of nitrogens with zero attached hydrogens (tertiary/aromatic N) is 2. The van der Waals surface area contributed by atoms with E-state index in [1.165, 1.54) is 5.01 Å². The SMILES string of the molecule is O=CN1C(O)CCN1c1ccccc1. The molecule has 1 N–H and O–H groups in total. The van der Waals surface area contributed by atoms with Gasteiger partial charge in [-0.15, -0.1) is 0 Å². The number of hydrogen-bond acceptors (Lipinski definition) is 3. The molecule has 1 aliphatic rings. The molecule has 1 fully saturated rings. The number of hydrazine groups is 1. The minimum atomic E-state index is -0.687. The molecule has 1 aliphatic heterocycles. The maximum atomic E-state index is 10.7. The number of carbonyl (C=O) groups is 1.